The molecule has 3 rings (SSSR count). The highest BCUT2D eigenvalue weighted by Gasteiger charge is 2.16. The van der Waals surface area contributed by atoms with Gasteiger partial charge < -0.3 is 20.1 Å². The van der Waals surface area contributed by atoms with E-state index in [1.54, 1.807) is 48.5 Å². The Morgan fingerprint density at radius 3 is 2.00 bits per heavy atom. The summed E-state index contributed by atoms with van der Waals surface area (Å²) in [5, 5.41) is 5.74. The number of carbonyl (C=O) groups is 2. The highest BCUT2D eigenvalue weighted by molar-refractivity contribution is 6.05. The minimum atomic E-state index is -0.344. The summed E-state index contributed by atoms with van der Waals surface area (Å²) in [7, 11) is 0. The minimum absolute atomic E-state index is 0.193. The first-order valence-electron chi connectivity index (χ1n) is 10.4. The fourth-order valence-corrected chi connectivity index (χ4v) is 2.92. The third-order valence-electron chi connectivity index (χ3n) is 4.33. The Hall–Kier alpha value is -3.80. The largest absolute Gasteiger partial charge is 0.490 e. The van der Waals surface area contributed by atoms with Gasteiger partial charge in [-0.15, -0.1) is 0 Å². The van der Waals surface area contributed by atoms with Crippen molar-refractivity contribution in [2.45, 2.75) is 26.3 Å². The van der Waals surface area contributed by atoms with Crippen molar-refractivity contribution in [2.24, 2.45) is 0 Å². The SMILES string of the molecule is CC(C)(C)NC(=O)c1cccc(NC(=O)c2cccc(OCCOc3ccccc3)c2)c1. The lowest BCUT2D eigenvalue weighted by Gasteiger charge is -2.20. The van der Waals surface area contributed by atoms with Crippen molar-refractivity contribution in [1.29, 1.82) is 0 Å². The zero-order chi connectivity index (χ0) is 23.0. The second-order valence-corrected chi connectivity index (χ2v) is 8.28. The van der Waals surface area contributed by atoms with E-state index in [9.17, 15) is 9.59 Å². The molecule has 3 aromatic rings. The molecule has 0 bridgehead atoms. The molecular weight excluding hydrogens is 404 g/mol. The number of amides is 2. The standard InChI is InChI=1S/C26H28N2O4/c1-26(2,3)28-25(30)19-9-7-11-21(17-19)27-24(29)20-10-8-14-23(18-20)32-16-15-31-22-12-5-4-6-13-22/h4-14,17-18H,15-16H2,1-3H3,(H,27,29)(H,28,30). The van der Waals surface area contributed by atoms with Crippen LogP contribution in [0, 0.1) is 0 Å². The summed E-state index contributed by atoms with van der Waals surface area (Å²) in [5.41, 5.74) is 1.13. The van der Waals surface area contributed by atoms with Gasteiger partial charge in [0.05, 0.1) is 0 Å². The molecular formula is C26H28N2O4. The van der Waals surface area contributed by atoms with Gasteiger partial charge >= 0.3 is 0 Å². The molecule has 0 fully saturated rings. The number of carbonyl (C=O) groups excluding carboxylic acids is 2. The maximum atomic E-state index is 12.7. The van der Waals surface area contributed by atoms with Crippen LogP contribution >= 0.6 is 0 Å². The number of benzene rings is 3. The molecule has 2 amide bonds. The number of rotatable bonds is 8. The van der Waals surface area contributed by atoms with Crippen molar-refractivity contribution >= 4 is 17.5 Å². The second kappa shape index (κ2) is 10.5. The quantitative estimate of drug-likeness (QED) is 0.495. The molecule has 0 aliphatic heterocycles. The predicted octanol–water partition coefficient (Wildman–Crippen LogP) is 4.93. The highest BCUT2D eigenvalue weighted by Crippen LogP contribution is 2.17. The summed E-state index contributed by atoms with van der Waals surface area (Å²) < 4.78 is 11.3. The van der Waals surface area contributed by atoms with Gasteiger partial charge in [0.15, 0.2) is 0 Å². The Kier molecular flexibility index (Phi) is 7.49. The van der Waals surface area contributed by atoms with Gasteiger partial charge in [0.1, 0.15) is 24.7 Å². The lowest BCUT2D eigenvalue weighted by molar-refractivity contribution is 0.0918. The van der Waals surface area contributed by atoms with E-state index in [4.69, 9.17) is 9.47 Å². The van der Waals surface area contributed by atoms with Crippen LogP contribution in [0.25, 0.3) is 0 Å². The van der Waals surface area contributed by atoms with Gasteiger partial charge in [-0.1, -0.05) is 30.3 Å². The molecule has 0 saturated heterocycles. The maximum absolute atomic E-state index is 12.7. The van der Waals surface area contributed by atoms with Crippen molar-refractivity contribution in [2.75, 3.05) is 18.5 Å². The van der Waals surface area contributed by atoms with E-state index >= 15 is 0 Å². The van der Waals surface area contributed by atoms with Gasteiger partial charge in [-0.05, 0) is 69.3 Å². The summed E-state index contributed by atoms with van der Waals surface area (Å²) in [6.45, 7) is 6.49. The fourth-order valence-electron chi connectivity index (χ4n) is 2.92. The molecule has 0 spiro atoms. The third-order valence-corrected chi connectivity index (χ3v) is 4.33. The van der Waals surface area contributed by atoms with E-state index in [0.717, 1.165) is 5.75 Å². The predicted molar refractivity (Wildman–Crippen MR) is 125 cm³/mol. The summed E-state index contributed by atoms with van der Waals surface area (Å²) in [6.07, 6.45) is 0. The van der Waals surface area contributed by atoms with Gasteiger partial charge in [-0.25, -0.2) is 0 Å². The van der Waals surface area contributed by atoms with E-state index in [2.05, 4.69) is 10.6 Å². The van der Waals surface area contributed by atoms with Gasteiger partial charge in [0.25, 0.3) is 11.8 Å². The lowest BCUT2D eigenvalue weighted by atomic mass is 10.1. The van der Waals surface area contributed by atoms with Crippen LogP contribution in [-0.4, -0.2) is 30.6 Å². The summed E-state index contributed by atoms with van der Waals surface area (Å²) in [6, 6.07) is 23.3. The van der Waals surface area contributed by atoms with E-state index in [-0.39, 0.29) is 17.4 Å². The first-order valence-corrected chi connectivity index (χ1v) is 10.4. The van der Waals surface area contributed by atoms with Crippen molar-refractivity contribution in [3.63, 3.8) is 0 Å². The Labute approximate surface area is 188 Å². The van der Waals surface area contributed by atoms with Crippen molar-refractivity contribution in [1.82, 2.24) is 5.32 Å². The number of ether oxygens (including phenoxy) is 2. The zero-order valence-corrected chi connectivity index (χ0v) is 18.6. The van der Waals surface area contributed by atoms with Crippen LogP contribution in [0.2, 0.25) is 0 Å². The van der Waals surface area contributed by atoms with Crippen molar-refractivity contribution in [3.05, 3.63) is 90.0 Å². The van der Waals surface area contributed by atoms with Crippen LogP contribution in [0.4, 0.5) is 5.69 Å². The van der Waals surface area contributed by atoms with Crippen molar-refractivity contribution < 1.29 is 19.1 Å². The van der Waals surface area contributed by atoms with E-state index in [1.807, 2.05) is 51.1 Å². The number of para-hydroxylation sites is 1. The summed E-state index contributed by atoms with van der Waals surface area (Å²) >= 11 is 0. The van der Waals surface area contributed by atoms with E-state index < -0.39 is 0 Å². The Bertz CT molecular complexity index is 1060. The van der Waals surface area contributed by atoms with Gasteiger partial charge in [-0.3, -0.25) is 9.59 Å². The molecule has 0 aliphatic rings. The molecule has 0 aromatic heterocycles. The molecule has 0 atom stereocenters. The van der Waals surface area contributed by atoms with Crippen LogP contribution in [0.3, 0.4) is 0 Å². The summed E-state index contributed by atoms with van der Waals surface area (Å²) in [4.78, 5) is 25.1. The Morgan fingerprint density at radius 2 is 1.31 bits per heavy atom. The molecule has 6 heteroatoms. The molecule has 2 N–H and O–H groups in total. The first-order chi connectivity index (χ1) is 15.3. The Balaban J connectivity index is 1.56. The topological polar surface area (TPSA) is 76.7 Å². The molecule has 166 valence electrons. The van der Waals surface area contributed by atoms with Crippen LogP contribution in [0.5, 0.6) is 11.5 Å². The zero-order valence-electron chi connectivity index (χ0n) is 18.6. The van der Waals surface area contributed by atoms with E-state index in [0.29, 0.717) is 35.8 Å². The van der Waals surface area contributed by atoms with Crippen molar-refractivity contribution in [3.8, 4) is 11.5 Å². The number of anilines is 1. The van der Waals surface area contributed by atoms with Gasteiger partial charge in [0, 0.05) is 22.4 Å². The number of hydrogen-bond acceptors (Lipinski definition) is 4. The summed E-state index contributed by atoms with van der Waals surface area (Å²) in [5.74, 6) is 0.876. The molecule has 3 aromatic carbocycles. The molecule has 0 unspecified atom stereocenters. The van der Waals surface area contributed by atoms with Crippen LogP contribution in [0.15, 0.2) is 78.9 Å². The normalized spacial score (nSPS) is 10.8. The third kappa shape index (κ3) is 7.16. The van der Waals surface area contributed by atoms with Crippen LogP contribution in [-0.2, 0) is 0 Å². The van der Waals surface area contributed by atoms with Gasteiger partial charge in [-0.2, -0.15) is 0 Å². The molecule has 0 saturated carbocycles. The average molecular weight is 433 g/mol. The monoisotopic (exact) mass is 432 g/mol. The average Bonchev–Trinajstić information content (AvgIpc) is 2.77. The minimum Gasteiger partial charge on any atom is -0.490 e. The molecule has 0 heterocycles. The van der Waals surface area contributed by atoms with Gasteiger partial charge in [0.2, 0.25) is 0 Å². The smallest absolute Gasteiger partial charge is 0.255 e. The number of hydrogen-bond donors (Lipinski definition) is 2. The molecule has 6 nitrogen and oxygen atoms in total. The molecule has 32 heavy (non-hydrogen) atoms. The lowest BCUT2D eigenvalue weighted by Crippen LogP contribution is -2.40. The van der Waals surface area contributed by atoms with E-state index in [1.165, 1.54) is 0 Å². The molecule has 0 aliphatic carbocycles. The first kappa shape index (κ1) is 22.9. The number of nitrogens with one attached hydrogen (secondary N) is 2. The van der Waals surface area contributed by atoms with Crippen LogP contribution < -0.4 is 20.1 Å². The highest BCUT2D eigenvalue weighted by atomic mass is 16.5. The fraction of sp³-hybridized carbons (Fsp3) is 0.231. The van der Waals surface area contributed by atoms with Crippen LogP contribution in [0.1, 0.15) is 41.5 Å². The maximum Gasteiger partial charge on any atom is 0.255 e. The Morgan fingerprint density at radius 1 is 0.719 bits per heavy atom. The second-order valence-electron chi connectivity index (χ2n) is 8.28. The molecule has 0 radical (unpaired) electrons.